The summed E-state index contributed by atoms with van der Waals surface area (Å²) in [4.78, 5) is 32.5. The normalized spacial score (nSPS) is 17.4. The molecule has 2 aliphatic rings. The molecule has 3 heterocycles. The molecule has 0 atom stereocenters. The van der Waals surface area contributed by atoms with Crippen LogP contribution in [-0.4, -0.2) is 83.2 Å². The molecule has 2 aliphatic heterocycles. The van der Waals surface area contributed by atoms with Crippen molar-refractivity contribution in [2.75, 3.05) is 51.2 Å². The monoisotopic (exact) mass is 513 g/mol. The van der Waals surface area contributed by atoms with Gasteiger partial charge in [0.2, 0.25) is 5.91 Å². The van der Waals surface area contributed by atoms with E-state index < -0.39 is 6.55 Å². The number of rotatable bonds is 4. The van der Waals surface area contributed by atoms with Gasteiger partial charge in [0.1, 0.15) is 5.82 Å². The number of carboxylic acid groups (broad SMARTS) is 1. The van der Waals surface area contributed by atoms with Crippen LogP contribution in [0.5, 0.6) is 0 Å². The average molecular weight is 514 g/mol. The third kappa shape index (κ3) is 6.07. The standard InChI is InChI=1S/C26H31F2N5O.CH2O2/c1-30-12-5-13-32(17-16-30)25(34)19-10-14-31(15-11-19)21-7-4-6-20(18-21)24-29-22-8-2-3-9-23(22)33(24)26(27)28;2-1-3/h2-4,6-9,18-19,26H,5,10-17H2,1H3;1H,(H,2,3). The number of hydrogen-bond donors (Lipinski definition) is 1. The van der Waals surface area contributed by atoms with E-state index in [0.29, 0.717) is 16.6 Å². The van der Waals surface area contributed by atoms with Gasteiger partial charge in [-0.05, 0) is 57.1 Å². The van der Waals surface area contributed by atoms with Crippen molar-refractivity contribution in [2.45, 2.75) is 25.8 Å². The predicted octanol–water partition coefficient (Wildman–Crippen LogP) is 4.18. The van der Waals surface area contributed by atoms with Crippen LogP contribution in [-0.2, 0) is 9.59 Å². The quantitative estimate of drug-likeness (QED) is 0.527. The van der Waals surface area contributed by atoms with Crippen molar-refractivity contribution in [1.82, 2.24) is 19.4 Å². The molecule has 1 aromatic heterocycles. The number of alkyl halides is 2. The van der Waals surface area contributed by atoms with Crippen molar-refractivity contribution < 1.29 is 23.5 Å². The molecule has 0 unspecified atom stereocenters. The maximum atomic E-state index is 13.9. The van der Waals surface area contributed by atoms with Crippen molar-refractivity contribution >= 4 is 29.1 Å². The van der Waals surface area contributed by atoms with Gasteiger partial charge >= 0.3 is 6.55 Å². The van der Waals surface area contributed by atoms with Gasteiger partial charge in [0.15, 0.2) is 0 Å². The van der Waals surface area contributed by atoms with Gasteiger partial charge in [-0.1, -0.05) is 24.3 Å². The van der Waals surface area contributed by atoms with E-state index in [1.54, 1.807) is 24.3 Å². The Morgan fingerprint density at radius 1 is 1.03 bits per heavy atom. The topological polar surface area (TPSA) is 81.9 Å². The fraction of sp³-hybridized carbons (Fsp3) is 0.444. The van der Waals surface area contributed by atoms with E-state index in [0.717, 1.165) is 68.8 Å². The zero-order chi connectivity index (χ0) is 26.4. The zero-order valence-corrected chi connectivity index (χ0v) is 21.0. The minimum Gasteiger partial charge on any atom is -0.483 e. The fourth-order valence-corrected chi connectivity index (χ4v) is 5.20. The summed E-state index contributed by atoms with van der Waals surface area (Å²) in [5.74, 6) is 0.620. The number of para-hydroxylation sites is 2. The maximum absolute atomic E-state index is 13.9. The first-order valence-electron chi connectivity index (χ1n) is 12.6. The summed E-state index contributed by atoms with van der Waals surface area (Å²) in [6.07, 6.45) is 2.65. The van der Waals surface area contributed by atoms with E-state index in [1.165, 1.54) is 0 Å². The Morgan fingerprint density at radius 2 is 1.76 bits per heavy atom. The Kier molecular flexibility index (Phi) is 8.70. The Bertz CT molecular complexity index is 1210. The lowest BCUT2D eigenvalue weighted by Gasteiger charge is -2.35. The smallest absolute Gasteiger partial charge is 0.320 e. The van der Waals surface area contributed by atoms with Crippen molar-refractivity contribution in [2.24, 2.45) is 5.92 Å². The number of benzene rings is 2. The van der Waals surface area contributed by atoms with Crippen LogP contribution in [0.25, 0.3) is 22.4 Å². The lowest BCUT2D eigenvalue weighted by atomic mass is 9.94. The largest absolute Gasteiger partial charge is 0.483 e. The molecule has 0 saturated carbocycles. The Morgan fingerprint density at radius 3 is 2.49 bits per heavy atom. The highest BCUT2D eigenvalue weighted by atomic mass is 19.3. The van der Waals surface area contributed by atoms with E-state index in [4.69, 9.17) is 9.90 Å². The Labute approximate surface area is 215 Å². The van der Waals surface area contributed by atoms with Gasteiger partial charge in [-0.25, -0.2) is 4.98 Å². The average Bonchev–Trinajstić information content (AvgIpc) is 3.18. The molecule has 198 valence electrons. The van der Waals surface area contributed by atoms with Gasteiger partial charge in [-0.3, -0.25) is 14.2 Å². The van der Waals surface area contributed by atoms with Crippen LogP contribution in [0.3, 0.4) is 0 Å². The molecule has 0 radical (unpaired) electrons. The van der Waals surface area contributed by atoms with Crippen molar-refractivity contribution in [3.8, 4) is 11.4 Å². The number of nitrogens with zero attached hydrogens (tertiary/aromatic N) is 5. The number of amides is 1. The van der Waals surface area contributed by atoms with E-state index in [1.807, 2.05) is 29.2 Å². The zero-order valence-electron chi connectivity index (χ0n) is 21.0. The summed E-state index contributed by atoms with van der Waals surface area (Å²) >= 11 is 0. The highest BCUT2D eigenvalue weighted by Gasteiger charge is 2.29. The van der Waals surface area contributed by atoms with Crippen LogP contribution >= 0.6 is 0 Å². The minimum atomic E-state index is -2.67. The molecule has 3 aromatic rings. The predicted molar refractivity (Wildman–Crippen MR) is 139 cm³/mol. The van der Waals surface area contributed by atoms with Crippen LogP contribution in [0.1, 0.15) is 25.8 Å². The lowest BCUT2D eigenvalue weighted by molar-refractivity contribution is -0.136. The number of hydrogen-bond acceptors (Lipinski definition) is 5. The van der Waals surface area contributed by atoms with Gasteiger partial charge in [0.25, 0.3) is 6.47 Å². The van der Waals surface area contributed by atoms with Crippen molar-refractivity contribution in [3.63, 3.8) is 0 Å². The van der Waals surface area contributed by atoms with E-state index in [2.05, 4.69) is 21.8 Å². The molecule has 0 aliphatic carbocycles. The van der Waals surface area contributed by atoms with Crippen LogP contribution in [0, 0.1) is 5.92 Å². The van der Waals surface area contributed by atoms with E-state index in [9.17, 15) is 13.6 Å². The summed E-state index contributed by atoms with van der Waals surface area (Å²) in [5.41, 5.74) is 2.63. The number of halogens is 2. The number of anilines is 1. The second-order valence-corrected chi connectivity index (χ2v) is 9.47. The molecule has 1 N–H and O–H groups in total. The van der Waals surface area contributed by atoms with Crippen LogP contribution in [0.15, 0.2) is 48.5 Å². The van der Waals surface area contributed by atoms with Gasteiger partial charge in [-0.2, -0.15) is 8.78 Å². The molecule has 1 amide bonds. The van der Waals surface area contributed by atoms with E-state index >= 15 is 0 Å². The lowest BCUT2D eigenvalue weighted by Crippen LogP contribution is -2.43. The number of fused-ring (bicyclic) bond motifs is 1. The number of aromatic nitrogens is 2. The first kappa shape index (κ1) is 26.5. The maximum Gasteiger partial charge on any atom is 0.320 e. The second kappa shape index (κ2) is 12.1. The SMILES string of the molecule is CN1CCCN(C(=O)C2CCN(c3cccc(-c4nc5ccccc5n4C(F)F)c3)CC2)CC1.O=CO. The summed E-state index contributed by atoms with van der Waals surface area (Å²) in [6, 6.07) is 14.6. The van der Waals surface area contributed by atoms with Crippen LogP contribution < -0.4 is 4.90 Å². The second-order valence-electron chi connectivity index (χ2n) is 9.47. The molecular formula is C27H33F2N5O3. The number of piperidine rings is 1. The molecular weight excluding hydrogens is 480 g/mol. The molecule has 10 heteroatoms. The molecule has 37 heavy (non-hydrogen) atoms. The number of likely N-dealkylation sites (N-methyl/N-ethyl adjacent to an activating group) is 1. The number of imidazole rings is 1. The molecule has 5 rings (SSSR count). The molecule has 0 spiro atoms. The highest BCUT2D eigenvalue weighted by Crippen LogP contribution is 2.33. The van der Waals surface area contributed by atoms with Crippen LogP contribution in [0.2, 0.25) is 0 Å². The van der Waals surface area contributed by atoms with Gasteiger partial charge in [-0.15, -0.1) is 0 Å². The molecule has 2 fully saturated rings. The molecule has 8 nitrogen and oxygen atoms in total. The van der Waals surface area contributed by atoms with Crippen molar-refractivity contribution in [3.05, 3.63) is 48.5 Å². The fourth-order valence-electron chi connectivity index (χ4n) is 5.20. The molecule has 2 saturated heterocycles. The Balaban J connectivity index is 0.00000102. The first-order valence-corrected chi connectivity index (χ1v) is 12.6. The number of carbonyl (C=O) groups excluding carboxylic acids is 1. The van der Waals surface area contributed by atoms with Gasteiger partial charge in [0.05, 0.1) is 11.0 Å². The van der Waals surface area contributed by atoms with Crippen LogP contribution in [0.4, 0.5) is 14.5 Å². The summed E-state index contributed by atoms with van der Waals surface area (Å²) in [7, 11) is 2.11. The third-order valence-electron chi connectivity index (χ3n) is 7.14. The highest BCUT2D eigenvalue weighted by molar-refractivity contribution is 5.81. The molecule has 0 bridgehead atoms. The first-order chi connectivity index (χ1) is 17.9. The summed E-state index contributed by atoms with van der Waals surface area (Å²) in [6.45, 7) is 2.25. The van der Waals surface area contributed by atoms with Crippen molar-refractivity contribution in [1.29, 1.82) is 0 Å². The summed E-state index contributed by atoms with van der Waals surface area (Å²) in [5, 5.41) is 6.89. The van der Waals surface area contributed by atoms with E-state index in [-0.39, 0.29) is 24.1 Å². The Hall–Kier alpha value is -3.53. The third-order valence-corrected chi connectivity index (χ3v) is 7.14. The van der Waals surface area contributed by atoms with Gasteiger partial charge < -0.3 is 19.8 Å². The number of carbonyl (C=O) groups is 2. The van der Waals surface area contributed by atoms with Gasteiger partial charge in [0, 0.05) is 49.9 Å². The molecule has 2 aromatic carbocycles. The minimum absolute atomic E-state index is 0.0610. The summed E-state index contributed by atoms with van der Waals surface area (Å²) < 4.78 is 28.8.